The zero-order valence-corrected chi connectivity index (χ0v) is 21.3. The van der Waals surface area contributed by atoms with Gasteiger partial charge in [-0.05, 0) is 37.8 Å². The third kappa shape index (κ3) is 9.17. The summed E-state index contributed by atoms with van der Waals surface area (Å²) in [6.45, 7) is 8.59. The van der Waals surface area contributed by atoms with Gasteiger partial charge < -0.3 is 27.0 Å². The summed E-state index contributed by atoms with van der Waals surface area (Å²) in [4.78, 5) is 25.2. The van der Waals surface area contributed by atoms with E-state index in [9.17, 15) is 9.59 Å². The molecule has 0 saturated heterocycles. The summed E-state index contributed by atoms with van der Waals surface area (Å²) < 4.78 is 4.89. The molecule has 1 rings (SSSR count). The van der Waals surface area contributed by atoms with Gasteiger partial charge in [0.25, 0.3) is 5.91 Å². The van der Waals surface area contributed by atoms with Crippen LogP contribution in [-0.4, -0.2) is 43.6 Å². The van der Waals surface area contributed by atoms with Crippen molar-refractivity contribution in [2.45, 2.75) is 66.2 Å². The first-order chi connectivity index (χ1) is 13.4. The van der Waals surface area contributed by atoms with E-state index >= 15 is 0 Å². The molecule has 1 aromatic rings. The predicted molar refractivity (Wildman–Crippen MR) is 122 cm³/mol. The van der Waals surface area contributed by atoms with Crippen LogP contribution in [0.2, 0.25) is 0 Å². The van der Waals surface area contributed by atoms with Crippen molar-refractivity contribution in [1.29, 1.82) is 0 Å². The second-order valence-electron chi connectivity index (χ2n) is 7.77. The van der Waals surface area contributed by atoms with Crippen molar-refractivity contribution in [3.8, 4) is 0 Å². The van der Waals surface area contributed by atoms with Crippen LogP contribution in [0.1, 0.15) is 75.2 Å². The molecule has 0 radical (unpaired) electrons. The maximum Gasteiger partial charge on any atom is 0.339 e. The first kappa shape index (κ1) is 28.1. The Bertz CT molecular complexity index is 615. The summed E-state index contributed by atoms with van der Waals surface area (Å²) >= 11 is 0. The molecule has 0 aliphatic rings. The van der Waals surface area contributed by atoms with Crippen LogP contribution in [0.15, 0.2) is 18.2 Å². The molecule has 1 aromatic carbocycles. The second kappa shape index (κ2) is 15.0. The average molecular weight is 488 g/mol. The van der Waals surface area contributed by atoms with Gasteiger partial charge in [0.05, 0.1) is 36.8 Å². The molecular weight excluding hydrogens is 449 g/mol. The topological polar surface area (TPSA) is 55.4 Å². The zero-order chi connectivity index (χ0) is 21.0. The maximum atomic E-state index is 13.1. The molecule has 4 nitrogen and oxygen atoms in total. The summed E-state index contributed by atoms with van der Waals surface area (Å²) in [6.07, 6.45) is 11.4. The Hall–Kier alpha value is -0.930. The Balaban J connectivity index is 0.00000784. The first-order valence-electron chi connectivity index (χ1n) is 10.8. The molecule has 0 bridgehead atoms. The number of halogens is 1. The number of carbonyl (C=O) groups excluding carboxylic acids is 2. The van der Waals surface area contributed by atoms with Crippen LogP contribution in [0.5, 0.6) is 0 Å². The van der Waals surface area contributed by atoms with Crippen LogP contribution in [-0.2, 0) is 9.53 Å². The largest absolute Gasteiger partial charge is 1.00 e. The van der Waals surface area contributed by atoms with Gasteiger partial charge in [-0.3, -0.25) is 4.79 Å². The molecule has 1 amide bonds. The zero-order valence-electron chi connectivity index (χ0n) is 18.9. The number of ether oxygens (including phenoxy) is 1. The molecular formula is C23H39BrNO3P. The van der Waals surface area contributed by atoms with Gasteiger partial charge in [0, 0.05) is 7.26 Å². The lowest BCUT2D eigenvalue weighted by Crippen LogP contribution is -3.00. The number of unbranched alkanes of at least 4 members (excludes halogenated alkanes) is 3. The highest BCUT2D eigenvalue weighted by molar-refractivity contribution is 7.76. The molecule has 0 saturated carbocycles. The van der Waals surface area contributed by atoms with Gasteiger partial charge in [0.15, 0.2) is 0 Å². The van der Waals surface area contributed by atoms with Crippen molar-refractivity contribution >= 4 is 24.8 Å². The SMILES string of the molecule is CCCC[P+](CCCC)(CCCC)CC(=O)Nc1c(C)cccc1C(=O)OC.[Br-]. The van der Waals surface area contributed by atoms with Gasteiger partial charge in [-0.1, -0.05) is 52.2 Å². The smallest absolute Gasteiger partial charge is 0.339 e. The number of carbonyl (C=O) groups is 2. The number of nitrogens with one attached hydrogen (secondary N) is 1. The minimum Gasteiger partial charge on any atom is -1.00 e. The predicted octanol–water partition coefficient (Wildman–Crippen LogP) is 3.14. The van der Waals surface area contributed by atoms with Crippen LogP contribution in [0.25, 0.3) is 0 Å². The van der Waals surface area contributed by atoms with E-state index in [1.807, 2.05) is 19.1 Å². The quantitative estimate of drug-likeness (QED) is 0.343. The summed E-state index contributed by atoms with van der Waals surface area (Å²) in [6, 6.07) is 5.44. The number of para-hydroxylation sites is 1. The third-order valence-corrected chi connectivity index (χ3v) is 10.1. The van der Waals surface area contributed by atoms with Crippen molar-refractivity contribution in [2.24, 2.45) is 0 Å². The molecule has 29 heavy (non-hydrogen) atoms. The van der Waals surface area contributed by atoms with E-state index in [4.69, 9.17) is 4.74 Å². The van der Waals surface area contributed by atoms with Crippen molar-refractivity contribution in [3.05, 3.63) is 29.3 Å². The Kier molecular flexibility index (Phi) is 14.5. The fourth-order valence-corrected chi connectivity index (χ4v) is 8.45. The van der Waals surface area contributed by atoms with E-state index in [1.54, 1.807) is 6.07 Å². The molecule has 0 aliphatic carbocycles. The Morgan fingerprint density at radius 2 is 1.48 bits per heavy atom. The van der Waals surface area contributed by atoms with E-state index in [2.05, 4.69) is 26.1 Å². The molecule has 0 spiro atoms. The molecule has 0 aliphatic heterocycles. The van der Waals surface area contributed by atoms with Crippen LogP contribution < -0.4 is 22.3 Å². The van der Waals surface area contributed by atoms with Crippen LogP contribution in [0.4, 0.5) is 5.69 Å². The van der Waals surface area contributed by atoms with Gasteiger partial charge in [0.2, 0.25) is 0 Å². The summed E-state index contributed by atoms with van der Waals surface area (Å²) in [5.41, 5.74) is 1.91. The number of esters is 1. The number of aryl methyl sites for hydroxylation is 1. The van der Waals surface area contributed by atoms with Crippen molar-refractivity contribution in [3.63, 3.8) is 0 Å². The molecule has 166 valence electrons. The van der Waals surface area contributed by atoms with E-state index in [1.165, 1.54) is 64.1 Å². The normalized spacial score (nSPS) is 10.9. The Labute approximate surface area is 188 Å². The number of anilines is 1. The van der Waals surface area contributed by atoms with Crippen molar-refractivity contribution in [2.75, 3.05) is 37.1 Å². The highest BCUT2D eigenvalue weighted by atomic mass is 79.9. The highest BCUT2D eigenvalue weighted by Crippen LogP contribution is 2.60. The number of hydrogen-bond acceptors (Lipinski definition) is 3. The van der Waals surface area contributed by atoms with Crippen LogP contribution in [0, 0.1) is 6.92 Å². The van der Waals surface area contributed by atoms with Gasteiger partial charge in [-0.25, -0.2) is 4.79 Å². The number of benzene rings is 1. The van der Waals surface area contributed by atoms with E-state index < -0.39 is 13.2 Å². The minimum absolute atomic E-state index is 0. The molecule has 0 unspecified atom stereocenters. The minimum atomic E-state index is -1.33. The van der Waals surface area contributed by atoms with Gasteiger partial charge in [-0.2, -0.15) is 0 Å². The fourth-order valence-electron chi connectivity index (χ4n) is 3.65. The van der Waals surface area contributed by atoms with E-state index in [0.717, 1.165) is 5.56 Å². The second-order valence-corrected chi connectivity index (χ2v) is 12.1. The monoisotopic (exact) mass is 487 g/mol. The number of amides is 1. The number of rotatable bonds is 13. The lowest BCUT2D eigenvalue weighted by molar-refractivity contribution is -0.113. The fraction of sp³-hybridized carbons (Fsp3) is 0.652. The maximum absolute atomic E-state index is 13.1. The summed E-state index contributed by atoms with van der Waals surface area (Å²) in [5, 5.41) is 3.07. The molecule has 0 fully saturated rings. The average Bonchev–Trinajstić information content (AvgIpc) is 2.69. The summed E-state index contributed by atoms with van der Waals surface area (Å²) in [5.74, 6) is -0.362. The molecule has 6 heteroatoms. The lowest BCUT2D eigenvalue weighted by Gasteiger charge is -2.27. The Morgan fingerprint density at radius 1 is 0.966 bits per heavy atom. The van der Waals surface area contributed by atoms with Crippen LogP contribution >= 0.6 is 7.26 Å². The van der Waals surface area contributed by atoms with Gasteiger partial charge in [0.1, 0.15) is 6.16 Å². The molecule has 0 heterocycles. The van der Waals surface area contributed by atoms with Crippen molar-refractivity contribution < 1.29 is 31.3 Å². The van der Waals surface area contributed by atoms with Gasteiger partial charge in [-0.15, -0.1) is 0 Å². The molecule has 0 aromatic heterocycles. The molecule has 1 N–H and O–H groups in total. The van der Waals surface area contributed by atoms with Gasteiger partial charge >= 0.3 is 5.97 Å². The molecule has 0 atom stereocenters. The van der Waals surface area contributed by atoms with E-state index in [0.29, 0.717) is 17.4 Å². The number of hydrogen-bond donors (Lipinski definition) is 1. The lowest BCUT2D eigenvalue weighted by atomic mass is 10.1. The standard InChI is InChI=1S/C23H38NO3P.BrH/c1-6-9-15-28(16-10-7-2,17-11-8-3)18-21(25)24-22-19(4)13-12-14-20(22)23(26)27-5;/h12-14H,6-11,15-18H2,1-5H3;1H. The van der Waals surface area contributed by atoms with Crippen molar-refractivity contribution in [1.82, 2.24) is 0 Å². The van der Waals surface area contributed by atoms with Crippen LogP contribution in [0.3, 0.4) is 0 Å². The van der Waals surface area contributed by atoms with E-state index in [-0.39, 0.29) is 22.9 Å². The first-order valence-corrected chi connectivity index (χ1v) is 13.3. The third-order valence-electron chi connectivity index (χ3n) is 5.38. The highest BCUT2D eigenvalue weighted by Gasteiger charge is 2.38. The Morgan fingerprint density at radius 3 is 1.93 bits per heavy atom. The number of methoxy groups -OCH3 is 1. The summed E-state index contributed by atoms with van der Waals surface area (Å²) in [7, 11) is 0.0402.